The monoisotopic (exact) mass is 349 g/mol. The van der Waals surface area contributed by atoms with Gasteiger partial charge < -0.3 is 14.4 Å². The first kappa shape index (κ1) is 17.5. The van der Waals surface area contributed by atoms with Crippen molar-refractivity contribution in [1.29, 1.82) is 0 Å². The van der Waals surface area contributed by atoms with Crippen LogP contribution in [0.5, 0.6) is 5.75 Å². The molecule has 0 aliphatic heterocycles. The van der Waals surface area contributed by atoms with Crippen molar-refractivity contribution in [2.45, 2.75) is 20.1 Å². The second kappa shape index (κ2) is 7.70. The molecular weight excluding hydrogens is 330 g/mol. The van der Waals surface area contributed by atoms with Crippen LogP contribution in [0.2, 0.25) is 0 Å². The lowest BCUT2D eigenvalue weighted by Gasteiger charge is -2.18. The van der Waals surface area contributed by atoms with Gasteiger partial charge in [-0.15, -0.1) is 0 Å². The van der Waals surface area contributed by atoms with E-state index >= 15 is 0 Å². The molecule has 0 amide bonds. The van der Waals surface area contributed by atoms with Crippen LogP contribution in [-0.2, 0) is 13.2 Å². The number of aryl methyl sites for hydroxylation is 1. The van der Waals surface area contributed by atoms with E-state index < -0.39 is 11.4 Å². The van der Waals surface area contributed by atoms with E-state index in [1.54, 1.807) is 11.5 Å². The lowest BCUT2D eigenvalue weighted by atomic mass is 10.2. The van der Waals surface area contributed by atoms with Crippen molar-refractivity contribution in [2.75, 3.05) is 0 Å². The molecule has 3 aromatic rings. The Morgan fingerprint density at radius 1 is 1.00 bits per heavy atom. The van der Waals surface area contributed by atoms with Gasteiger partial charge in [0.1, 0.15) is 6.61 Å². The summed E-state index contributed by atoms with van der Waals surface area (Å²) in [6.45, 7) is 2.19. The fourth-order valence-electron chi connectivity index (χ4n) is 2.80. The maximum Gasteiger partial charge on any atom is 0.356 e. The summed E-state index contributed by atoms with van der Waals surface area (Å²) in [6, 6.07) is 20.2. The summed E-state index contributed by atoms with van der Waals surface area (Å²) in [5.41, 5.74) is 1.81. The molecule has 0 aliphatic carbocycles. The molecule has 0 saturated carbocycles. The minimum absolute atomic E-state index is 0.130. The van der Waals surface area contributed by atoms with Gasteiger partial charge in [0, 0.05) is 18.3 Å². The SMILES string of the molecule is Cc1cc(=O)c(OCc2ccccc2)c(C(=O)O)n1Cc1ccccc1. The van der Waals surface area contributed by atoms with Gasteiger partial charge >= 0.3 is 5.97 Å². The van der Waals surface area contributed by atoms with Gasteiger partial charge in [-0.3, -0.25) is 4.79 Å². The topological polar surface area (TPSA) is 68.5 Å². The van der Waals surface area contributed by atoms with Crippen LogP contribution in [0.4, 0.5) is 0 Å². The first-order valence-corrected chi connectivity index (χ1v) is 8.24. The number of nitrogens with zero attached hydrogens (tertiary/aromatic N) is 1. The molecular formula is C21H19NO4. The Hall–Kier alpha value is -3.34. The molecule has 0 fully saturated rings. The zero-order valence-electron chi connectivity index (χ0n) is 14.4. The van der Waals surface area contributed by atoms with Crippen LogP contribution in [-0.4, -0.2) is 15.6 Å². The number of aromatic carboxylic acids is 1. The van der Waals surface area contributed by atoms with Crippen LogP contribution in [0.3, 0.4) is 0 Å². The van der Waals surface area contributed by atoms with Gasteiger partial charge in [-0.05, 0) is 18.1 Å². The maximum atomic E-state index is 12.4. The largest absolute Gasteiger partial charge is 0.482 e. The quantitative estimate of drug-likeness (QED) is 0.740. The molecule has 5 heteroatoms. The molecule has 1 aromatic heterocycles. The van der Waals surface area contributed by atoms with Crippen molar-refractivity contribution >= 4 is 5.97 Å². The van der Waals surface area contributed by atoms with Gasteiger partial charge in [-0.25, -0.2) is 4.79 Å². The number of ether oxygens (including phenoxy) is 1. The van der Waals surface area contributed by atoms with Crippen molar-refractivity contribution in [1.82, 2.24) is 4.57 Å². The molecule has 3 rings (SSSR count). The minimum atomic E-state index is -1.19. The highest BCUT2D eigenvalue weighted by Gasteiger charge is 2.21. The molecule has 0 radical (unpaired) electrons. The summed E-state index contributed by atoms with van der Waals surface area (Å²) < 4.78 is 7.23. The first-order chi connectivity index (χ1) is 12.6. The molecule has 1 N–H and O–H groups in total. The smallest absolute Gasteiger partial charge is 0.356 e. The Balaban J connectivity index is 2.01. The fourth-order valence-corrected chi connectivity index (χ4v) is 2.80. The lowest BCUT2D eigenvalue weighted by molar-refractivity contribution is 0.0677. The Bertz CT molecular complexity index is 963. The van der Waals surface area contributed by atoms with E-state index in [-0.39, 0.29) is 18.1 Å². The molecule has 0 saturated heterocycles. The van der Waals surface area contributed by atoms with E-state index in [4.69, 9.17) is 4.74 Å². The van der Waals surface area contributed by atoms with Crippen LogP contribution < -0.4 is 10.2 Å². The molecule has 0 spiro atoms. The number of hydrogen-bond acceptors (Lipinski definition) is 3. The van der Waals surface area contributed by atoms with E-state index in [2.05, 4.69) is 0 Å². The van der Waals surface area contributed by atoms with Gasteiger partial charge in [-0.2, -0.15) is 0 Å². The molecule has 1 heterocycles. The van der Waals surface area contributed by atoms with Crippen molar-refractivity contribution < 1.29 is 14.6 Å². The molecule has 0 aliphatic rings. The van der Waals surface area contributed by atoms with Gasteiger partial charge in [0.05, 0.1) is 0 Å². The third-order valence-corrected chi connectivity index (χ3v) is 4.09. The van der Waals surface area contributed by atoms with Gasteiger partial charge in [0.15, 0.2) is 11.4 Å². The molecule has 132 valence electrons. The number of carboxylic acids is 1. The number of aromatic nitrogens is 1. The molecule has 5 nitrogen and oxygen atoms in total. The van der Waals surface area contributed by atoms with Gasteiger partial charge in [0.2, 0.25) is 5.43 Å². The van der Waals surface area contributed by atoms with E-state index in [0.717, 1.165) is 11.1 Å². The number of benzene rings is 2. The summed E-state index contributed by atoms with van der Waals surface area (Å²) in [7, 11) is 0. The molecule has 0 atom stereocenters. The summed E-state index contributed by atoms with van der Waals surface area (Å²) in [5.74, 6) is -1.33. The Morgan fingerprint density at radius 2 is 1.58 bits per heavy atom. The van der Waals surface area contributed by atoms with Crippen LogP contribution in [0.15, 0.2) is 71.5 Å². The van der Waals surface area contributed by atoms with Crippen LogP contribution in [0.1, 0.15) is 27.3 Å². The molecule has 26 heavy (non-hydrogen) atoms. The number of pyridine rings is 1. The van der Waals surface area contributed by atoms with E-state index in [1.807, 2.05) is 60.7 Å². The number of hydrogen-bond donors (Lipinski definition) is 1. The van der Waals surface area contributed by atoms with Crippen LogP contribution in [0, 0.1) is 6.92 Å². The fraction of sp³-hybridized carbons (Fsp3) is 0.143. The number of carboxylic acid groups (broad SMARTS) is 1. The van der Waals surface area contributed by atoms with Gasteiger partial charge in [0.25, 0.3) is 0 Å². The second-order valence-corrected chi connectivity index (χ2v) is 5.98. The Kier molecular flexibility index (Phi) is 5.17. The van der Waals surface area contributed by atoms with E-state index in [1.165, 1.54) is 6.07 Å². The summed E-state index contributed by atoms with van der Waals surface area (Å²) in [6.07, 6.45) is 0. The second-order valence-electron chi connectivity index (χ2n) is 5.98. The predicted octanol–water partition coefficient (Wildman–Crippen LogP) is 3.48. The van der Waals surface area contributed by atoms with Crippen molar-refractivity contribution in [2.24, 2.45) is 0 Å². The van der Waals surface area contributed by atoms with Gasteiger partial charge in [-0.1, -0.05) is 60.7 Å². The third-order valence-electron chi connectivity index (χ3n) is 4.09. The normalized spacial score (nSPS) is 10.5. The first-order valence-electron chi connectivity index (χ1n) is 8.24. The standard InChI is InChI=1S/C21H19NO4/c1-15-12-18(23)20(26-14-17-10-6-3-7-11-17)19(21(24)25)22(15)13-16-8-4-2-5-9-16/h2-12H,13-14H2,1H3,(H,24,25). The third kappa shape index (κ3) is 3.83. The summed E-state index contributed by atoms with van der Waals surface area (Å²) >= 11 is 0. The predicted molar refractivity (Wildman–Crippen MR) is 98.7 cm³/mol. The van der Waals surface area contributed by atoms with E-state index in [9.17, 15) is 14.7 Å². The highest BCUT2D eigenvalue weighted by Crippen LogP contribution is 2.19. The average Bonchev–Trinajstić information content (AvgIpc) is 2.64. The highest BCUT2D eigenvalue weighted by atomic mass is 16.5. The highest BCUT2D eigenvalue weighted by molar-refractivity contribution is 5.89. The Morgan fingerprint density at radius 3 is 2.15 bits per heavy atom. The summed E-state index contributed by atoms with van der Waals surface area (Å²) in [5, 5.41) is 9.73. The molecule has 0 unspecified atom stereocenters. The Labute approximate surface area is 151 Å². The van der Waals surface area contributed by atoms with Crippen LogP contribution >= 0.6 is 0 Å². The zero-order valence-corrected chi connectivity index (χ0v) is 14.4. The molecule has 0 bridgehead atoms. The minimum Gasteiger partial charge on any atom is -0.482 e. The van der Waals surface area contributed by atoms with Crippen molar-refractivity contribution in [3.63, 3.8) is 0 Å². The summed E-state index contributed by atoms with van der Waals surface area (Å²) in [4.78, 5) is 24.3. The zero-order chi connectivity index (χ0) is 18.5. The van der Waals surface area contributed by atoms with E-state index in [0.29, 0.717) is 12.2 Å². The average molecular weight is 349 g/mol. The number of rotatable bonds is 6. The molecule has 2 aromatic carbocycles. The lowest BCUT2D eigenvalue weighted by Crippen LogP contribution is -2.23. The van der Waals surface area contributed by atoms with Crippen molar-refractivity contribution in [3.05, 3.63) is 99.5 Å². The van der Waals surface area contributed by atoms with Crippen molar-refractivity contribution in [3.8, 4) is 5.75 Å². The number of carbonyl (C=O) groups is 1. The maximum absolute atomic E-state index is 12.4. The van der Waals surface area contributed by atoms with Crippen LogP contribution in [0.25, 0.3) is 0 Å².